The maximum absolute atomic E-state index is 11.6. The van der Waals surface area contributed by atoms with Crippen molar-refractivity contribution in [1.82, 2.24) is 4.90 Å². The number of carbonyl (C=O) groups excluding carboxylic acids is 2. The van der Waals surface area contributed by atoms with E-state index in [2.05, 4.69) is 4.74 Å². The Bertz CT molecular complexity index is 342. The van der Waals surface area contributed by atoms with Crippen LogP contribution in [0.2, 0.25) is 6.82 Å². The van der Waals surface area contributed by atoms with E-state index in [0.29, 0.717) is 0 Å². The molecule has 0 aliphatic carbocycles. The van der Waals surface area contributed by atoms with Gasteiger partial charge >= 0.3 is 18.9 Å². The molecule has 0 spiro atoms. The highest BCUT2D eigenvalue weighted by molar-refractivity contribution is 6.58. The van der Waals surface area contributed by atoms with Crippen LogP contribution in [0.3, 0.4) is 0 Å². The first-order chi connectivity index (χ1) is 8.99. The second kappa shape index (κ2) is 10.4. The summed E-state index contributed by atoms with van der Waals surface area (Å²) in [6.45, 7) is 3.66. The minimum Gasteiger partial charge on any atom is -0.531 e. The maximum atomic E-state index is 11.6. The van der Waals surface area contributed by atoms with Crippen molar-refractivity contribution in [3.05, 3.63) is 24.2 Å². The minimum absolute atomic E-state index is 0.0537. The van der Waals surface area contributed by atoms with E-state index < -0.39 is 0 Å². The topological polar surface area (TPSA) is 55.8 Å². The van der Waals surface area contributed by atoms with Gasteiger partial charge in [0.15, 0.2) is 0 Å². The molecule has 0 saturated carbocycles. The normalized spacial score (nSPS) is 11.2. The molecule has 0 saturated heterocycles. The Morgan fingerprint density at radius 1 is 1.21 bits per heavy atom. The van der Waals surface area contributed by atoms with Gasteiger partial charge in [-0.25, -0.2) is 0 Å². The van der Waals surface area contributed by atoms with Gasteiger partial charge in [-0.1, -0.05) is 31.1 Å². The third-order valence-corrected chi connectivity index (χ3v) is 2.21. The summed E-state index contributed by atoms with van der Waals surface area (Å²) in [6.07, 6.45) is 6.74. The summed E-state index contributed by atoms with van der Waals surface area (Å²) in [5.74, 6) is 1.04. The summed E-state index contributed by atoms with van der Waals surface area (Å²) < 4.78 is 9.67. The van der Waals surface area contributed by atoms with Crippen LogP contribution in [-0.4, -0.2) is 51.0 Å². The van der Waals surface area contributed by atoms with E-state index in [-0.39, 0.29) is 31.9 Å². The molecule has 6 heteroatoms. The molecule has 0 heterocycles. The number of esters is 1. The van der Waals surface area contributed by atoms with E-state index in [1.54, 1.807) is 24.7 Å². The molecule has 0 fully saturated rings. The molecule has 0 aromatic heterocycles. The second-order valence-electron chi connectivity index (χ2n) is 4.16. The van der Waals surface area contributed by atoms with Gasteiger partial charge in [0.25, 0.3) is 0 Å². The van der Waals surface area contributed by atoms with Crippen LogP contribution in [0, 0.1) is 0 Å². The van der Waals surface area contributed by atoms with E-state index in [4.69, 9.17) is 4.65 Å². The van der Waals surface area contributed by atoms with Crippen molar-refractivity contribution in [3.8, 4) is 0 Å². The minimum atomic E-state index is -0.382. The fraction of sp³-hybridized carbons (Fsp3) is 0.538. The maximum Gasteiger partial charge on any atom is 0.384 e. The number of nitrogens with zero attached hydrogens (tertiary/aromatic N) is 1. The van der Waals surface area contributed by atoms with Crippen LogP contribution in [0.15, 0.2) is 24.2 Å². The molecule has 5 nitrogen and oxygen atoms in total. The molecule has 0 aromatic rings. The van der Waals surface area contributed by atoms with Gasteiger partial charge in [0, 0.05) is 0 Å². The zero-order valence-electron chi connectivity index (χ0n) is 12.1. The average Bonchev–Trinajstić information content (AvgIpc) is 2.33. The van der Waals surface area contributed by atoms with Gasteiger partial charge in [0.1, 0.15) is 0 Å². The van der Waals surface area contributed by atoms with Gasteiger partial charge in [-0.05, 0) is 20.3 Å². The van der Waals surface area contributed by atoms with Crippen LogP contribution in [-0.2, 0) is 19.0 Å². The molecule has 0 aliphatic rings. The molecule has 0 N–H and O–H groups in total. The van der Waals surface area contributed by atoms with Gasteiger partial charge < -0.3 is 9.39 Å². The summed E-state index contributed by atoms with van der Waals surface area (Å²) in [4.78, 5) is 24.1. The smallest absolute Gasteiger partial charge is 0.384 e. The van der Waals surface area contributed by atoms with E-state index in [0.717, 1.165) is 6.42 Å². The van der Waals surface area contributed by atoms with Gasteiger partial charge in [0.05, 0.1) is 20.2 Å². The van der Waals surface area contributed by atoms with Crippen molar-refractivity contribution in [1.29, 1.82) is 0 Å². The first-order valence-corrected chi connectivity index (χ1v) is 6.27. The molecule has 0 amide bonds. The predicted molar refractivity (Wildman–Crippen MR) is 75.8 cm³/mol. The largest absolute Gasteiger partial charge is 0.531 e. The van der Waals surface area contributed by atoms with Crippen LogP contribution < -0.4 is 0 Å². The Balaban J connectivity index is 3.99. The van der Waals surface area contributed by atoms with Crippen LogP contribution in [0.5, 0.6) is 0 Å². The Kier molecular flexibility index (Phi) is 9.53. The SMILES string of the molecule is CC/C=C/C=C/B(C)OC(=O)CN(C)CC(=O)OC. The lowest BCUT2D eigenvalue weighted by atomic mass is 9.71. The van der Waals surface area contributed by atoms with Gasteiger partial charge in [-0.3, -0.25) is 14.5 Å². The molecule has 0 bridgehead atoms. The number of likely N-dealkylation sites (N-methyl/N-ethyl adjacent to an activating group) is 1. The molecule has 0 radical (unpaired) electrons. The highest BCUT2D eigenvalue weighted by Gasteiger charge is 2.14. The molecule has 19 heavy (non-hydrogen) atoms. The molecule has 0 atom stereocenters. The quantitative estimate of drug-likeness (QED) is 0.377. The fourth-order valence-electron chi connectivity index (χ4n) is 1.28. The molecule has 0 rings (SSSR count). The summed E-state index contributed by atoms with van der Waals surface area (Å²) in [5, 5.41) is 0. The van der Waals surface area contributed by atoms with Crippen molar-refractivity contribution >= 4 is 18.9 Å². The standard InChI is InChI=1S/C13H22BNO4/c1-5-6-7-8-9-14(2)19-13(17)11-15(3)10-12(16)18-4/h6-9H,5,10-11H2,1-4H3/b7-6+,9-8+. The van der Waals surface area contributed by atoms with Crippen LogP contribution in [0.1, 0.15) is 13.3 Å². The molecule has 106 valence electrons. The van der Waals surface area contributed by atoms with Crippen LogP contribution in [0.25, 0.3) is 0 Å². The third-order valence-electron chi connectivity index (χ3n) is 2.21. The number of hydrogen-bond donors (Lipinski definition) is 0. The number of hydrogen-bond acceptors (Lipinski definition) is 5. The van der Waals surface area contributed by atoms with E-state index in [9.17, 15) is 9.59 Å². The number of allylic oxidation sites excluding steroid dienone is 3. The lowest BCUT2D eigenvalue weighted by Gasteiger charge is -2.15. The Labute approximate surface area is 115 Å². The first kappa shape index (κ1) is 17.4. The number of ether oxygens (including phenoxy) is 1. The highest BCUT2D eigenvalue weighted by atomic mass is 16.5. The first-order valence-electron chi connectivity index (χ1n) is 6.27. The van der Waals surface area contributed by atoms with E-state index in [1.165, 1.54) is 7.11 Å². The summed E-state index contributed by atoms with van der Waals surface area (Å²) >= 11 is 0. The van der Waals surface area contributed by atoms with E-state index >= 15 is 0 Å². The van der Waals surface area contributed by atoms with Gasteiger partial charge in [-0.15, -0.1) is 0 Å². The molecular weight excluding hydrogens is 245 g/mol. The zero-order chi connectivity index (χ0) is 14.7. The van der Waals surface area contributed by atoms with Crippen LogP contribution >= 0.6 is 0 Å². The highest BCUT2D eigenvalue weighted by Crippen LogP contribution is 1.94. The fourth-order valence-corrected chi connectivity index (χ4v) is 1.28. The van der Waals surface area contributed by atoms with Crippen molar-refractivity contribution in [2.75, 3.05) is 27.2 Å². The Morgan fingerprint density at radius 2 is 1.84 bits per heavy atom. The molecular formula is C13H22BNO4. The van der Waals surface area contributed by atoms with E-state index in [1.807, 2.05) is 25.2 Å². The lowest BCUT2D eigenvalue weighted by molar-refractivity contribution is -0.142. The Hall–Kier alpha value is -1.56. The van der Waals surface area contributed by atoms with Crippen molar-refractivity contribution in [3.63, 3.8) is 0 Å². The lowest BCUT2D eigenvalue weighted by Crippen LogP contribution is -2.34. The van der Waals surface area contributed by atoms with Crippen LogP contribution in [0.4, 0.5) is 0 Å². The summed E-state index contributed by atoms with van der Waals surface area (Å²) in [5.41, 5.74) is 0. The van der Waals surface area contributed by atoms with Gasteiger partial charge in [0.2, 0.25) is 0 Å². The molecule has 0 aromatic carbocycles. The number of carbonyl (C=O) groups is 2. The molecule has 0 aliphatic heterocycles. The number of methoxy groups -OCH3 is 1. The molecule has 0 unspecified atom stereocenters. The zero-order valence-corrected chi connectivity index (χ0v) is 12.1. The average molecular weight is 267 g/mol. The van der Waals surface area contributed by atoms with Crippen molar-refractivity contribution in [2.45, 2.75) is 20.2 Å². The van der Waals surface area contributed by atoms with Gasteiger partial charge in [-0.2, -0.15) is 0 Å². The third kappa shape index (κ3) is 10.1. The Morgan fingerprint density at radius 3 is 2.42 bits per heavy atom. The number of rotatable bonds is 8. The summed E-state index contributed by atoms with van der Waals surface area (Å²) in [7, 11) is 2.97. The van der Waals surface area contributed by atoms with Crippen molar-refractivity contribution < 1.29 is 19.0 Å². The summed E-state index contributed by atoms with van der Waals surface area (Å²) in [6, 6.07) is 0. The predicted octanol–water partition coefficient (Wildman–Crippen LogP) is 1.32. The van der Waals surface area contributed by atoms with Crippen molar-refractivity contribution in [2.24, 2.45) is 0 Å². The monoisotopic (exact) mass is 267 g/mol. The second-order valence-corrected chi connectivity index (χ2v) is 4.16.